The number of fused-ring (bicyclic) bond motifs is 1. The maximum Gasteiger partial charge on any atom is 0.673 e. The fourth-order valence-corrected chi connectivity index (χ4v) is 3.25. The zero-order valence-electron chi connectivity index (χ0n) is 12.6. The van der Waals surface area contributed by atoms with Crippen LogP contribution in [-0.4, -0.2) is 29.2 Å². The summed E-state index contributed by atoms with van der Waals surface area (Å²) in [5, 5.41) is 1.30. The Morgan fingerprint density at radius 2 is 1.48 bits per heavy atom. The van der Waals surface area contributed by atoms with Gasteiger partial charge in [-0.15, -0.1) is 0 Å². The molecule has 8 heteroatoms. The Morgan fingerprint density at radius 3 is 2.04 bits per heavy atom. The number of pyridine rings is 1. The lowest BCUT2D eigenvalue weighted by Gasteiger charge is -2.00. The second-order valence-corrected chi connectivity index (χ2v) is 6.89. The summed E-state index contributed by atoms with van der Waals surface area (Å²) in [5.74, 6) is 0. The van der Waals surface area contributed by atoms with Crippen LogP contribution in [-0.2, 0) is 10.9 Å². The molecular formula is C15H15BF4N2S. The van der Waals surface area contributed by atoms with E-state index < -0.39 is 7.25 Å². The number of halogens is 4. The van der Waals surface area contributed by atoms with Crippen molar-refractivity contribution in [3.63, 3.8) is 0 Å². The number of hydrogen-bond acceptors (Lipinski definition) is 1. The molecule has 3 rings (SSSR count). The minimum Gasteiger partial charge on any atom is -0.418 e. The largest absolute Gasteiger partial charge is 0.673 e. The molecule has 2 aromatic heterocycles. The first-order valence-corrected chi connectivity index (χ1v) is 8.79. The topological polar surface area (TPSA) is 17.3 Å². The van der Waals surface area contributed by atoms with Gasteiger partial charge in [0, 0.05) is 22.7 Å². The standard InChI is InChI=1S/C15H15N2S.BF4/c1-18(2)15-14(12-8-4-3-5-9-12)16-13-10-6-7-11-17(13)15;2-1(3,4)5/h3-11H,1-2H3;/q+1;-1. The van der Waals surface area contributed by atoms with E-state index in [1.54, 1.807) is 0 Å². The zero-order chi connectivity index (χ0) is 17.0. The average Bonchev–Trinajstić information content (AvgIpc) is 2.86. The molecule has 0 radical (unpaired) electrons. The lowest BCUT2D eigenvalue weighted by molar-refractivity contribution is 0.368. The summed E-state index contributed by atoms with van der Waals surface area (Å²) >= 11 is 0. The highest BCUT2D eigenvalue weighted by Gasteiger charge is 2.23. The van der Waals surface area contributed by atoms with Gasteiger partial charge in [-0.25, -0.2) is 4.98 Å². The molecule has 0 fully saturated rings. The van der Waals surface area contributed by atoms with Crippen molar-refractivity contribution in [2.24, 2.45) is 0 Å². The molecule has 0 amide bonds. The van der Waals surface area contributed by atoms with Gasteiger partial charge in [-0.3, -0.25) is 4.40 Å². The number of nitrogens with zero attached hydrogens (tertiary/aromatic N) is 2. The van der Waals surface area contributed by atoms with Gasteiger partial charge in [0.05, 0.1) is 0 Å². The molecular weight excluding hydrogens is 327 g/mol. The minimum absolute atomic E-state index is 0.166. The van der Waals surface area contributed by atoms with E-state index in [1.165, 1.54) is 10.6 Å². The van der Waals surface area contributed by atoms with E-state index in [2.05, 4.69) is 59.5 Å². The van der Waals surface area contributed by atoms with Crippen molar-refractivity contribution in [3.8, 4) is 11.3 Å². The Kier molecular flexibility index (Phi) is 5.36. The molecule has 23 heavy (non-hydrogen) atoms. The van der Waals surface area contributed by atoms with Gasteiger partial charge >= 0.3 is 7.25 Å². The molecule has 0 aliphatic carbocycles. The van der Waals surface area contributed by atoms with Gasteiger partial charge in [0.1, 0.15) is 23.9 Å². The maximum absolute atomic E-state index is 9.75. The van der Waals surface area contributed by atoms with Gasteiger partial charge in [-0.1, -0.05) is 36.4 Å². The third-order valence-electron chi connectivity index (χ3n) is 2.92. The SMILES string of the molecule is C[S+](C)c1c(-c2ccccc2)nc2ccccn12.F[B-](F)(F)F. The minimum atomic E-state index is -6.00. The van der Waals surface area contributed by atoms with Gasteiger partial charge < -0.3 is 17.3 Å². The molecule has 0 N–H and O–H groups in total. The number of aromatic nitrogens is 2. The zero-order valence-corrected chi connectivity index (χ0v) is 13.4. The third kappa shape index (κ3) is 4.76. The summed E-state index contributed by atoms with van der Waals surface area (Å²) in [6, 6.07) is 16.6. The van der Waals surface area contributed by atoms with E-state index >= 15 is 0 Å². The van der Waals surface area contributed by atoms with E-state index in [0.717, 1.165) is 11.3 Å². The summed E-state index contributed by atoms with van der Waals surface area (Å²) in [7, 11) is -5.83. The highest BCUT2D eigenvalue weighted by Crippen LogP contribution is 2.27. The molecule has 0 spiro atoms. The lowest BCUT2D eigenvalue weighted by Crippen LogP contribution is -2.02. The smallest absolute Gasteiger partial charge is 0.418 e. The third-order valence-corrected chi connectivity index (χ3v) is 4.08. The van der Waals surface area contributed by atoms with Crippen molar-refractivity contribution in [1.82, 2.24) is 9.38 Å². The van der Waals surface area contributed by atoms with Crippen LogP contribution in [0.15, 0.2) is 59.8 Å². The molecule has 3 aromatic rings. The van der Waals surface area contributed by atoms with E-state index in [4.69, 9.17) is 4.98 Å². The van der Waals surface area contributed by atoms with Crippen LogP contribution in [0.5, 0.6) is 0 Å². The highest BCUT2D eigenvalue weighted by atomic mass is 32.2. The van der Waals surface area contributed by atoms with Crippen molar-refractivity contribution in [2.45, 2.75) is 5.03 Å². The maximum atomic E-state index is 9.75. The summed E-state index contributed by atoms with van der Waals surface area (Å²) in [6.07, 6.45) is 6.57. The highest BCUT2D eigenvalue weighted by molar-refractivity contribution is 7.95. The van der Waals surface area contributed by atoms with Crippen molar-refractivity contribution in [2.75, 3.05) is 12.5 Å². The number of imidazole rings is 1. The molecule has 0 atom stereocenters. The molecule has 1 aromatic carbocycles. The molecule has 0 aliphatic heterocycles. The monoisotopic (exact) mass is 342 g/mol. The summed E-state index contributed by atoms with van der Waals surface area (Å²) in [6.45, 7) is 0. The Bertz CT molecular complexity index is 766. The van der Waals surface area contributed by atoms with Gasteiger partial charge in [-0.05, 0) is 12.1 Å². The van der Waals surface area contributed by atoms with E-state index in [1.807, 2.05) is 12.1 Å². The van der Waals surface area contributed by atoms with Crippen LogP contribution >= 0.6 is 0 Å². The van der Waals surface area contributed by atoms with Gasteiger partial charge in [0.2, 0.25) is 0 Å². The Hall–Kier alpha value is -1.96. The van der Waals surface area contributed by atoms with Gasteiger partial charge in [0.25, 0.3) is 5.03 Å². The Labute approximate surface area is 134 Å². The van der Waals surface area contributed by atoms with Crippen LogP contribution in [0.4, 0.5) is 17.3 Å². The van der Waals surface area contributed by atoms with Crippen molar-refractivity contribution >= 4 is 23.8 Å². The van der Waals surface area contributed by atoms with Crippen LogP contribution in [0.25, 0.3) is 16.9 Å². The predicted molar refractivity (Wildman–Crippen MR) is 88.3 cm³/mol. The van der Waals surface area contributed by atoms with Gasteiger partial charge in [0.15, 0.2) is 0 Å². The lowest BCUT2D eigenvalue weighted by atomic mass is 10.2. The van der Waals surface area contributed by atoms with Crippen LogP contribution < -0.4 is 0 Å². The fourth-order valence-electron chi connectivity index (χ4n) is 2.15. The predicted octanol–water partition coefficient (Wildman–Crippen LogP) is 4.54. The van der Waals surface area contributed by atoms with Crippen LogP contribution in [0, 0.1) is 0 Å². The summed E-state index contributed by atoms with van der Waals surface area (Å²) in [5.41, 5.74) is 3.32. The molecule has 0 bridgehead atoms. The van der Waals surface area contributed by atoms with E-state index in [9.17, 15) is 17.3 Å². The quantitative estimate of drug-likeness (QED) is 0.380. The van der Waals surface area contributed by atoms with Crippen LogP contribution in [0.2, 0.25) is 0 Å². The normalized spacial score (nSPS) is 11.4. The fraction of sp³-hybridized carbons (Fsp3) is 0.133. The van der Waals surface area contributed by atoms with Crippen molar-refractivity contribution in [1.29, 1.82) is 0 Å². The average molecular weight is 342 g/mol. The van der Waals surface area contributed by atoms with Crippen LogP contribution in [0.1, 0.15) is 0 Å². The molecule has 122 valence electrons. The second-order valence-electron chi connectivity index (χ2n) is 4.87. The molecule has 2 nitrogen and oxygen atoms in total. The first-order chi connectivity index (χ1) is 10.8. The number of benzene rings is 1. The second kappa shape index (κ2) is 7.08. The van der Waals surface area contributed by atoms with E-state index in [0.29, 0.717) is 0 Å². The Morgan fingerprint density at radius 1 is 0.913 bits per heavy atom. The summed E-state index contributed by atoms with van der Waals surface area (Å²) in [4.78, 5) is 4.77. The van der Waals surface area contributed by atoms with Crippen molar-refractivity contribution < 1.29 is 17.3 Å². The van der Waals surface area contributed by atoms with Crippen LogP contribution in [0.3, 0.4) is 0 Å². The van der Waals surface area contributed by atoms with E-state index in [-0.39, 0.29) is 10.9 Å². The number of rotatable bonds is 2. The van der Waals surface area contributed by atoms with Crippen molar-refractivity contribution in [3.05, 3.63) is 54.7 Å². The van der Waals surface area contributed by atoms with Gasteiger partial charge in [-0.2, -0.15) is 0 Å². The molecule has 0 aliphatic rings. The Balaban J connectivity index is 0.000000338. The first-order valence-electron chi connectivity index (χ1n) is 6.75. The molecule has 0 unspecified atom stereocenters. The summed E-state index contributed by atoms with van der Waals surface area (Å²) < 4.78 is 41.2. The molecule has 0 saturated heterocycles. The molecule has 0 saturated carbocycles. The molecule has 2 heterocycles. The number of hydrogen-bond donors (Lipinski definition) is 0. The first kappa shape index (κ1) is 17.4.